The van der Waals surface area contributed by atoms with E-state index in [-0.39, 0.29) is 0 Å². The molecule has 0 saturated carbocycles. The van der Waals surface area contributed by atoms with Crippen LogP contribution in [0.15, 0.2) is 42.5 Å². The molecule has 0 aromatic heterocycles. The van der Waals surface area contributed by atoms with Crippen molar-refractivity contribution in [2.45, 2.75) is 6.42 Å². The molecule has 1 aliphatic rings. The summed E-state index contributed by atoms with van der Waals surface area (Å²) in [6, 6.07) is 14.1. The zero-order chi connectivity index (χ0) is 11.8. The van der Waals surface area contributed by atoms with Crippen molar-refractivity contribution in [2.75, 3.05) is 0 Å². The van der Waals surface area contributed by atoms with Gasteiger partial charge in [-0.15, -0.1) is 0 Å². The molecule has 17 heavy (non-hydrogen) atoms. The second-order valence-corrected chi connectivity index (χ2v) is 5.08. The van der Waals surface area contributed by atoms with Crippen LogP contribution in [0.3, 0.4) is 0 Å². The summed E-state index contributed by atoms with van der Waals surface area (Å²) >= 11 is 12.1. The molecule has 0 radical (unpaired) electrons. The van der Waals surface area contributed by atoms with Crippen LogP contribution in [-0.4, -0.2) is 0 Å². The molecule has 3 rings (SSSR count). The van der Waals surface area contributed by atoms with Crippen LogP contribution in [0, 0.1) is 0 Å². The van der Waals surface area contributed by atoms with E-state index in [0.29, 0.717) is 10.0 Å². The van der Waals surface area contributed by atoms with E-state index in [2.05, 4.69) is 30.3 Å². The molecule has 0 unspecified atom stereocenters. The summed E-state index contributed by atoms with van der Waals surface area (Å²) in [5.74, 6) is 0. The summed E-state index contributed by atoms with van der Waals surface area (Å²) < 4.78 is 0. The fourth-order valence-corrected chi connectivity index (χ4v) is 2.73. The standard InChI is InChI=1S/C15H10Cl2/c16-14-7-13(8-15(17)9-14)12-5-10-3-1-2-4-11(10)6-12/h1-5,7-9H,6H2. The average molecular weight is 261 g/mol. The Kier molecular flexibility index (Phi) is 2.70. The Labute approximate surface area is 110 Å². The van der Waals surface area contributed by atoms with Crippen molar-refractivity contribution < 1.29 is 0 Å². The largest absolute Gasteiger partial charge is 0.0843 e. The number of rotatable bonds is 1. The fraction of sp³-hybridized carbons (Fsp3) is 0.0667. The maximum absolute atomic E-state index is 6.03. The van der Waals surface area contributed by atoms with Gasteiger partial charge in [-0.25, -0.2) is 0 Å². The van der Waals surface area contributed by atoms with Gasteiger partial charge in [-0.2, -0.15) is 0 Å². The van der Waals surface area contributed by atoms with Crippen molar-refractivity contribution in [3.05, 3.63) is 69.2 Å². The Balaban J connectivity index is 2.03. The van der Waals surface area contributed by atoms with Crippen molar-refractivity contribution in [1.29, 1.82) is 0 Å². The Morgan fingerprint density at radius 3 is 2.29 bits per heavy atom. The lowest BCUT2D eigenvalue weighted by Gasteiger charge is -2.04. The van der Waals surface area contributed by atoms with Crippen LogP contribution >= 0.6 is 23.2 Å². The average Bonchev–Trinajstić information content (AvgIpc) is 2.71. The van der Waals surface area contributed by atoms with Crippen LogP contribution in [-0.2, 0) is 6.42 Å². The maximum Gasteiger partial charge on any atom is 0.0426 e. The van der Waals surface area contributed by atoms with Crippen molar-refractivity contribution in [3.8, 4) is 0 Å². The highest BCUT2D eigenvalue weighted by Crippen LogP contribution is 2.33. The molecule has 0 saturated heterocycles. The number of benzene rings is 2. The lowest BCUT2D eigenvalue weighted by molar-refractivity contribution is 1.32. The second kappa shape index (κ2) is 4.21. The molecule has 0 amide bonds. The molecule has 0 nitrogen and oxygen atoms in total. The SMILES string of the molecule is Clc1cc(Cl)cc(C2=Cc3ccccc3C2)c1. The molecule has 0 bridgehead atoms. The van der Waals surface area contributed by atoms with Crippen LogP contribution in [0.1, 0.15) is 16.7 Å². The predicted octanol–water partition coefficient (Wildman–Crippen LogP) is 5.09. The number of halogens is 2. The molecule has 2 heteroatoms. The first-order chi connectivity index (χ1) is 8.22. The summed E-state index contributed by atoms with van der Waals surface area (Å²) in [4.78, 5) is 0. The first-order valence-corrected chi connectivity index (χ1v) is 6.23. The van der Waals surface area contributed by atoms with E-state index < -0.39 is 0 Å². The predicted molar refractivity (Wildman–Crippen MR) is 74.5 cm³/mol. The number of allylic oxidation sites excluding steroid dienone is 1. The minimum Gasteiger partial charge on any atom is -0.0843 e. The molecule has 0 aliphatic heterocycles. The van der Waals surface area contributed by atoms with Crippen LogP contribution < -0.4 is 0 Å². The molecule has 84 valence electrons. The number of fused-ring (bicyclic) bond motifs is 1. The van der Waals surface area contributed by atoms with Crippen molar-refractivity contribution >= 4 is 34.9 Å². The van der Waals surface area contributed by atoms with E-state index in [9.17, 15) is 0 Å². The molecule has 1 aliphatic carbocycles. The normalized spacial score (nSPS) is 13.4. The van der Waals surface area contributed by atoms with Gasteiger partial charge in [-0.1, -0.05) is 53.5 Å². The van der Waals surface area contributed by atoms with Crippen LogP contribution in [0.2, 0.25) is 10.0 Å². The Morgan fingerprint density at radius 2 is 1.59 bits per heavy atom. The lowest BCUT2D eigenvalue weighted by Crippen LogP contribution is -1.85. The zero-order valence-electron chi connectivity index (χ0n) is 9.08. The zero-order valence-corrected chi connectivity index (χ0v) is 10.6. The van der Waals surface area contributed by atoms with Gasteiger partial charge in [0.2, 0.25) is 0 Å². The topological polar surface area (TPSA) is 0 Å². The van der Waals surface area contributed by atoms with Gasteiger partial charge in [0.15, 0.2) is 0 Å². The molecule has 0 atom stereocenters. The highest BCUT2D eigenvalue weighted by atomic mass is 35.5. The summed E-state index contributed by atoms with van der Waals surface area (Å²) in [5.41, 5.74) is 5.03. The number of hydrogen-bond donors (Lipinski definition) is 0. The van der Waals surface area contributed by atoms with E-state index in [1.807, 2.05) is 12.1 Å². The van der Waals surface area contributed by atoms with Gasteiger partial charge in [0.05, 0.1) is 0 Å². The molecule has 0 spiro atoms. The van der Waals surface area contributed by atoms with Gasteiger partial charge in [0.1, 0.15) is 0 Å². The molecular weight excluding hydrogens is 251 g/mol. The van der Waals surface area contributed by atoms with Gasteiger partial charge in [0.25, 0.3) is 0 Å². The Hall–Kier alpha value is -1.24. The van der Waals surface area contributed by atoms with Crippen LogP contribution in [0.5, 0.6) is 0 Å². The summed E-state index contributed by atoms with van der Waals surface area (Å²) in [5, 5.41) is 1.37. The highest BCUT2D eigenvalue weighted by molar-refractivity contribution is 6.34. The molecule has 0 heterocycles. The monoisotopic (exact) mass is 260 g/mol. The summed E-state index contributed by atoms with van der Waals surface area (Å²) in [6.07, 6.45) is 3.16. The first-order valence-electron chi connectivity index (χ1n) is 5.47. The van der Waals surface area contributed by atoms with Crippen LogP contribution in [0.4, 0.5) is 0 Å². The molecule has 2 aromatic rings. The fourth-order valence-electron chi connectivity index (χ4n) is 2.20. The van der Waals surface area contributed by atoms with Gasteiger partial charge < -0.3 is 0 Å². The quantitative estimate of drug-likeness (QED) is 0.670. The van der Waals surface area contributed by atoms with Gasteiger partial charge >= 0.3 is 0 Å². The summed E-state index contributed by atoms with van der Waals surface area (Å²) in [6.45, 7) is 0. The Morgan fingerprint density at radius 1 is 0.882 bits per heavy atom. The lowest BCUT2D eigenvalue weighted by atomic mass is 10.0. The third-order valence-corrected chi connectivity index (χ3v) is 3.44. The molecule has 0 N–H and O–H groups in total. The van der Waals surface area contributed by atoms with Gasteiger partial charge in [-0.3, -0.25) is 0 Å². The van der Waals surface area contributed by atoms with Crippen molar-refractivity contribution in [3.63, 3.8) is 0 Å². The Bertz CT molecular complexity index is 592. The van der Waals surface area contributed by atoms with Crippen molar-refractivity contribution in [2.24, 2.45) is 0 Å². The van der Waals surface area contributed by atoms with E-state index in [0.717, 1.165) is 12.0 Å². The third-order valence-electron chi connectivity index (χ3n) is 3.00. The third kappa shape index (κ3) is 2.11. The first kappa shape index (κ1) is 10.9. The smallest absolute Gasteiger partial charge is 0.0426 e. The minimum atomic E-state index is 0.685. The molecule has 2 aromatic carbocycles. The second-order valence-electron chi connectivity index (χ2n) is 4.20. The van der Waals surface area contributed by atoms with Gasteiger partial charge in [-0.05, 0) is 46.9 Å². The molecule has 0 fully saturated rings. The van der Waals surface area contributed by atoms with E-state index in [1.54, 1.807) is 6.07 Å². The van der Waals surface area contributed by atoms with E-state index >= 15 is 0 Å². The minimum absolute atomic E-state index is 0.685. The maximum atomic E-state index is 6.03. The molecular formula is C15H10Cl2. The summed E-state index contributed by atoms with van der Waals surface area (Å²) in [7, 11) is 0. The highest BCUT2D eigenvalue weighted by Gasteiger charge is 2.13. The van der Waals surface area contributed by atoms with Crippen LogP contribution in [0.25, 0.3) is 11.6 Å². The van der Waals surface area contributed by atoms with Crippen molar-refractivity contribution in [1.82, 2.24) is 0 Å². The number of hydrogen-bond acceptors (Lipinski definition) is 0. The van der Waals surface area contributed by atoms with Gasteiger partial charge in [0, 0.05) is 10.0 Å². The van der Waals surface area contributed by atoms with E-state index in [1.165, 1.54) is 16.7 Å². The van der Waals surface area contributed by atoms with E-state index in [4.69, 9.17) is 23.2 Å².